The molecular weight excluding hydrogens is 229 g/mol. The van der Waals surface area contributed by atoms with E-state index in [1.165, 1.54) is 6.20 Å². The summed E-state index contributed by atoms with van der Waals surface area (Å²) in [5, 5.41) is 0. The van der Waals surface area contributed by atoms with Crippen LogP contribution in [0.5, 0.6) is 0 Å². The first-order valence-corrected chi connectivity index (χ1v) is 5.26. The summed E-state index contributed by atoms with van der Waals surface area (Å²) in [6.07, 6.45) is -3.05. The van der Waals surface area contributed by atoms with E-state index in [1.807, 2.05) is 20.8 Å². The highest BCUT2D eigenvalue weighted by Crippen LogP contribution is 2.33. The molecule has 0 radical (unpaired) electrons. The van der Waals surface area contributed by atoms with Gasteiger partial charge in [0.05, 0.1) is 11.2 Å². The van der Waals surface area contributed by atoms with Gasteiger partial charge in [-0.15, -0.1) is 0 Å². The molecule has 92 valence electrons. The standard InChI is InChI=1S/C12H13F3N2/c1-11(2,3)9-8-6-4-5-7-17(8)10(16-9)12(13,14)15/h4-7H,1-3H3. The monoisotopic (exact) mass is 242 g/mol. The number of hydrogen-bond donors (Lipinski definition) is 0. The van der Waals surface area contributed by atoms with Crippen molar-refractivity contribution in [3.63, 3.8) is 0 Å². The maximum atomic E-state index is 12.8. The Balaban J connectivity index is 2.81. The van der Waals surface area contributed by atoms with Gasteiger partial charge in [0.15, 0.2) is 0 Å². The fourth-order valence-corrected chi connectivity index (χ4v) is 1.79. The van der Waals surface area contributed by atoms with Crippen LogP contribution in [0.1, 0.15) is 32.3 Å². The summed E-state index contributed by atoms with van der Waals surface area (Å²) in [7, 11) is 0. The van der Waals surface area contributed by atoms with Crippen LogP contribution >= 0.6 is 0 Å². The minimum Gasteiger partial charge on any atom is -0.296 e. The second-order valence-corrected chi connectivity index (χ2v) is 4.99. The van der Waals surface area contributed by atoms with Gasteiger partial charge in [-0.05, 0) is 12.1 Å². The molecule has 0 spiro atoms. The molecule has 0 saturated heterocycles. The summed E-state index contributed by atoms with van der Waals surface area (Å²) >= 11 is 0. The number of imidazole rings is 1. The Morgan fingerprint density at radius 3 is 2.29 bits per heavy atom. The van der Waals surface area contributed by atoms with Crippen LogP contribution in [0.25, 0.3) is 5.52 Å². The van der Waals surface area contributed by atoms with Crippen molar-refractivity contribution in [2.45, 2.75) is 32.4 Å². The van der Waals surface area contributed by atoms with E-state index in [9.17, 15) is 13.2 Å². The van der Waals surface area contributed by atoms with Crippen LogP contribution < -0.4 is 0 Å². The van der Waals surface area contributed by atoms with Crippen molar-refractivity contribution in [3.05, 3.63) is 35.9 Å². The molecule has 0 aliphatic heterocycles. The van der Waals surface area contributed by atoms with Crippen molar-refractivity contribution in [1.82, 2.24) is 9.38 Å². The first-order valence-electron chi connectivity index (χ1n) is 5.26. The molecule has 0 fully saturated rings. The topological polar surface area (TPSA) is 17.3 Å². The molecule has 0 unspecified atom stereocenters. The molecule has 0 bridgehead atoms. The smallest absolute Gasteiger partial charge is 0.296 e. The van der Waals surface area contributed by atoms with Gasteiger partial charge in [-0.2, -0.15) is 13.2 Å². The Kier molecular flexibility index (Phi) is 2.45. The molecule has 0 amide bonds. The van der Waals surface area contributed by atoms with Gasteiger partial charge in [0, 0.05) is 11.6 Å². The summed E-state index contributed by atoms with van der Waals surface area (Å²) in [5.74, 6) is -0.863. The summed E-state index contributed by atoms with van der Waals surface area (Å²) in [6.45, 7) is 5.55. The molecule has 0 saturated carbocycles. The van der Waals surface area contributed by atoms with Gasteiger partial charge in [-0.25, -0.2) is 4.98 Å². The third kappa shape index (κ3) is 2.01. The van der Waals surface area contributed by atoms with Crippen molar-refractivity contribution in [2.24, 2.45) is 0 Å². The zero-order chi connectivity index (χ0) is 12.8. The summed E-state index contributed by atoms with van der Waals surface area (Å²) < 4.78 is 39.6. The molecule has 5 heteroatoms. The third-order valence-corrected chi connectivity index (χ3v) is 2.51. The van der Waals surface area contributed by atoms with Gasteiger partial charge in [-0.3, -0.25) is 4.40 Å². The van der Waals surface area contributed by atoms with Crippen LogP contribution in [0, 0.1) is 0 Å². The third-order valence-electron chi connectivity index (χ3n) is 2.51. The van der Waals surface area contributed by atoms with Crippen molar-refractivity contribution >= 4 is 5.52 Å². The Hall–Kier alpha value is -1.52. The zero-order valence-corrected chi connectivity index (χ0v) is 9.84. The number of alkyl halides is 3. The van der Waals surface area contributed by atoms with Crippen LogP contribution in [0.3, 0.4) is 0 Å². The summed E-state index contributed by atoms with van der Waals surface area (Å²) in [6, 6.07) is 4.94. The summed E-state index contributed by atoms with van der Waals surface area (Å²) in [5.41, 5.74) is 0.550. The largest absolute Gasteiger partial charge is 0.450 e. The van der Waals surface area contributed by atoms with Gasteiger partial charge < -0.3 is 0 Å². The van der Waals surface area contributed by atoms with Gasteiger partial charge in [0.1, 0.15) is 0 Å². The van der Waals surface area contributed by atoms with Crippen LogP contribution in [0.15, 0.2) is 24.4 Å². The van der Waals surface area contributed by atoms with E-state index < -0.39 is 17.4 Å². The lowest BCUT2D eigenvalue weighted by Gasteiger charge is -2.15. The Labute approximate surface area is 97.1 Å². The quantitative estimate of drug-likeness (QED) is 0.689. The molecule has 2 nitrogen and oxygen atoms in total. The van der Waals surface area contributed by atoms with E-state index in [-0.39, 0.29) is 0 Å². The van der Waals surface area contributed by atoms with E-state index in [2.05, 4.69) is 4.98 Å². The average molecular weight is 242 g/mol. The molecule has 0 aliphatic rings. The number of halogens is 3. The molecule has 2 rings (SSSR count). The first kappa shape index (κ1) is 12.0. The highest BCUT2D eigenvalue weighted by Gasteiger charge is 2.38. The van der Waals surface area contributed by atoms with Crippen molar-refractivity contribution in [1.29, 1.82) is 0 Å². The SMILES string of the molecule is CC(C)(C)c1nc(C(F)(F)F)n2ccccc12. The Bertz CT molecular complexity index is 499. The molecule has 0 aromatic carbocycles. The normalized spacial score (nSPS) is 13.3. The molecule has 0 atom stereocenters. The lowest BCUT2D eigenvalue weighted by molar-refractivity contribution is -0.145. The highest BCUT2D eigenvalue weighted by molar-refractivity contribution is 5.56. The molecule has 0 aliphatic carbocycles. The minimum atomic E-state index is -4.44. The predicted octanol–water partition coefficient (Wildman–Crippen LogP) is 3.65. The van der Waals surface area contributed by atoms with Crippen LogP contribution in [-0.2, 0) is 11.6 Å². The van der Waals surface area contributed by atoms with Crippen molar-refractivity contribution in [2.75, 3.05) is 0 Å². The average Bonchev–Trinajstić information content (AvgIpc) is 2.55. The van der Waals surface area contributed by atoms with Gasteiger partial charge in [0.25, 0.3) is 0 Å². The van der Waals surface area contributed by atoms with E-state index in [0.29, 0.717) is 11.2 Å². The maximum absolute atomic E-state index is 12.8. The lowest BCUT2D eigenvalue weighted by Crippen LogP contribution is -2.13. The number of aromatic nitrogens is 2. The fraction of sp³-hybridized carbons (Fsp3) is 0.417. The van der Waals surface area contributed by atoms with Crippen LogP contribution in [0.4, 0.5) is 13.2 Å². The Morgan fingerprint density at radius 2 is 1.76 bits per heavy atom. The lowest BCUT2D eigenvalue weighted by atomic mass is 9.91. The summed E-state index contributed by atoms with van der Waals surface area (Å²) in [4.78, 5) is 3.77. The number of pyridine rings is 1. The zero-order valence-electron chi connectivity index (χ0n) is 9.84. The van der Waals surface area contributed by atoms with Gasteiger partial charge in [0.2, 0.25) is 5.82 Å². The van der Waals surface area contributed by atoms with Gasteiger partial charge in [-0.1, -0.05) is 26.8 Å². The van der Waals surface area contributed by atoms with Crippen molar-refractivity contribution < 1.29 is 13.2 Å². The second-order valence-electron chi connectivity index (χ2n) is 4.99. The van der Waals surface area contributed by atoms with E-state index in [0.717, 1.165) is 4.40 Å². The minimum absolute atomic E-state index is 0.421. The molecular formula is C12H13F3N2. The number of nitrogens with zero attached hydrogens (tertiary/aromatic N) is 2. The predicted molar refractivity (Wildman–Crippen MR) is 58.9 cm³/mol. The highest BCUT2D eigenvalue weighted by atomic mass is 19.4. The molecule has 2 aromatic rings. The van der Waals surface area contributed by atoms with E-state index in [1.54, 1.807) is 18.2 Å². The number of fused-ring (bicyclic) bond motifs is 1. The van der Waals surface area contributed by atoms with Crippen LogP contribution in [-0.4, -0.2) is 9.38 Å². The van der Waals surface area contributed by atoms with Crippen LogP contribution in [0.2, 0.25) is 0 Å². The number of rotatable bonds is 0. The fourth-order valence-electron chi connectivity index (χ4n) is 1.79. The van der Waals surface area contributed by atoms with Crippen molar-refractivity contribution in [3.8, 4) is 0 Å². The number of hydrogen-bond acceptors (Lipinski definition) is 1. The first-order chi connectivity index (χ1) is 7.71. The van der Waals surface area contributed by atoms with E-state index in [4.69, 9.17) is 0 Å². The molecule has 0 N–H and O–H groups in total. The molecule has 2 aromatic heterocycles. The maximum Gasteiger partial charge on any atom is 0.450 e. The molecule has 17 heavy (non-hydrogen) atoms. The Morgan fingerprint density at radius 1 is 1.12 bits per heavy atom. The molecule has 2 heterocycles. The van der Waals surface area contributed by atoms with E-state index >= 15 is 0 Å². The van der Waals surface area contributed by atoms with Gasteiger partial charge >= 0.3 is 6.18 Å². The second kappa shape index (κ2) is 3.48.